The van der Waals surface area contributed by atoms with Crippen LogP contribution >= 0.6 is 0 Å². The third-order valence-electron chi connectivity index (χ3n) is 6.55. The van der Waals surface area contributed by atoms with E-state index in [1.807, 2.05) is 6.07 Å². The second-order valence-electron chi connectivity index (χ2n) is 7.84. The maximum atomic E-state index is 11.7. The fourth-order valence-electron chi connectivity index (χ4n) is 4.71. The molecule has 2 aliphatic carbocycles. The van der Waals surface area contributed by atoms with Crippen molar-refractivity contribution in [2.24, 2.45) is 17.3 Å². The Hall–Kier alpha value is -1.61. The van der Waals surface area contributed by atoms with Crippen LogP contribution in [0.3, 0.4) is 0 Å². The van der Waals surface area contributed by atoms with Gasteiger partial charge in [0.25, 0.3) is 0 Å². The molecule has 1 aromatic carbocycles. The molecule has 3 heteroatoms. The van der Waals surface area contributed by atoms with Gasteiger partial charge < -0.3 is 9.47 Å². The smallest absolute Gasteiger partial charge is 0.333 e. The molecular formula is C22H30O3. The number of ether oxygens (including phenoxy) is 2. The molecule has 0 aliphatic heterocycles. The first-order valence-electron chi connectivity index (χ1n) is 9.47. The van der Waals surface area contributed by atoms with E-state index in [2.05, 4.69) is 44.2 Å². The Labute approximate surface area is 151 Å². The normalized spacial score (nSPS) is 30.1. The van der Waals surface area contributed by atoms with Crippen molar-refractivity contribution in [3.63, 3.8) is 0 Å². The van der Waals surface area contributed by atoms with E-state index in [1.165, 1.54) is 25.5 Å². The van der Waals surface area contributed by atoms with Crippen molar-refractivity contribution in [3.8, 4) is 0 Å². The number of esters is 1. The lowest BCUT2D eigenvalue weighted by Crippen LogP contribution is -2.49. The van der Waals surface area contributed by atoms with E-state index < -0.39 is 0 Å². The summed E-state index contributed by atoms with van der Waals surface area (Å²) in [6, 6.07) is 10.4. The molecular weight excluding hydrogens is 312 g/mol. The topological polar surface area (TPSA) is 35.5 Å². The van der Waals surface area contributed by atoms with E-state index in [9.17, 15) is 4.79 Å². The van der Waals surface area contributed by atoms with Crippen molar-refractivity contribution < 1.29 is 14.3 Å². The number of allylic oxidation sites excluding steroid dienone is 1. The maximum Gasteiger partial charge on any atom is 0.333 e. The first-order valence-corrected chi connectivity index (χ1v) is 9.47. The second-order valence-corrected chi connectivity index (χ2v) is 7.84. The molecule has 1 unspecified atom stereocenters. The summed E-state index contributed by atoms with van der Waals surface area (Å²) < 4.78 is 11.1. The molecule has 0 bridgehead atoms. The predicted molar refractivity (Wildman–Crippen MR) is 99.0 cm³/mol. The maximum absolute atomic E-state index is 11.7. The van der Waals surface area contributed by atoms with E-state index in [0.29, 0.717) is 23.9 Å². The van der Waals surface area contributed by atoms with Crippen LogP contribution in [0.25, 0.3) is 0 Å². The highest BCUT2D eigenvalue weighted by molar-refractivity contribution is 5.88. The van der Waals surface area contributed by atoms with Crippen LogP contribution in [0.1, 0.15) is 51.5 Å². The molecule has 136 valence electrons. The zero-order valence-electron chi connectivity index (χ0n) is 15.7. The summed E-state index contributed by atoms with van der Waals surface area (Å²) in [7, 11) is 1.46. The van der Waals surface area contributed by atoms with Crippen molar-refractivity contribution >= 4 is 5.97 Å². The molecule has 1 fully saturated rings. The lowest BCUT2D eigenvalue weighted by atomic mass is 9.51. The minimum atomic E-state index is -0.159. The molecule has 0 N–H and O–H groups in total. The number of hydrogen-bond donors (Lipinski definition) is 0. The predicted octanol–water partition coefficient (Wildman–Crippen LogP) is 4.91. The van der Waals surface area contributed by atoms with Crippen molar-refractivity contribution in [2.75, 3.05) is 7.11 Å². The largest absolute Gasteiger partial charge is 0.466 e. The van der Waals surface area contributed by atoms with Gasteiger partial charge in [0.05, 0.1) is 19.8 Å². The molecule has 3 nitrogen and oxygen atoms in total. The second kappa shape index (κ2) is 7.74. The van der Waals surface area contributed by atoms with E-state index in [0.717, 1.165) is 24.8 Å². The molecule has 0 saturated heterocycles. The van der Waals surface area contributed by atoms with E-state index in [-0.39, 0.29) is 12.1 Å². The number of carbonyl (C=O) groups excluding carboxylic acids is 1. The first kappa shape index (κ1) is 18.2. The summed E-state index contributed by atoms with van der Waals surface area (Å²) in [5.41, 5.74) is 2.42. The lowest BCUT2D eigenvalue weighted by Gasteiger charge is -2.55. The number of benzene rings is 1. The van der Waals surface area contributed by atoms with Gasteiger partial charge in [0.15, 0.2) is 0 Å². The minimum Gasteiger partial charge on any atom is -0.466 e. The van der Waals surface area contributed by atoms with Gasteiger partial charge in [0, 0.05) is 5.57 Å². The SMILES string of the molecule is COC(=O)C1=CCC([C@@]2(C)CC[C@@H]2[C@@H](C)OCc2ccccc2)CC1. The van der Waals surface area contributed by atoms with Gasteiger partial charge >= 0.3 is 5.97 Å². The average Bonchev–Trinajstić information content (AvgIpc) is 2.65. The Morgan fingerprint density at radius 3 is 2.60 bits per heavy atom. The first-order chi connectivity index (χ1) is 12.0. The molecule has 0 aromatic heterocycles. The Morgan fingerprint density at radius 1 is 1.28 bits per heavy atom. The zero-order chi connectivity index (χ0) is 17.9. The highest BCUT2D eigenvalue weighted by atomic mass is 16.5. The van der Waals surface area contributed by atoms with Crippen LogP contribution in [-0.2, 0) is 20.9 Å². The molecule has 3 rings (SSSR count). The van der Waals surface area contributed by atoms with Gasteiger partial charge in [-0.25, -0.2) is 4.79 Å². The Balaban J connectivity index is 1.57. The average molecular weight is 342 g/mol. The van der Waals surface area contributed by atoms with Crippen LogP contribution in [0, 0.1) is 17.3 Å². The number of methoxy groups -OCH3 is 1. The summed E-state index contributed by atoms with van der Waals surface area (Å²) in [6.07, 6.45) is 7.81. The highest BCUT2D eigenvalue weighted by Crippen LogP contribution is 2.57. The summed E-state index contributed by atoms with van der Waals surface area (Å²) >= 11 is 0. The van der Waals surface area contributed by atoms with Crippen molar-refractivity contribution in [3.05, 3.63) is 47.5 Å². The standard InChI is InChI=1S/C22H30O3/c1-16(25-15-17-7-5-4-6-8-17)20-13-14-22(20,2)19-11-9-18(10-12-19)21(23)24-3/h4-9,16,19-20H,10-15H2,1-3H3/t16-,19?,20-,22-/m1/s1. The molecule has 25 heavy (non-hydrogen) atoms. The van der Waals surface area contributed by atoms with Gasteiger partial charge in [-0.1, -0.05) is 43.3 Å². The van der Waals surface area contributed by atoms with Crippen molar-refractivity contribution in [2.45, 2.75) is 58.7 Å². The summed E-state index contributed by atoms with van der Waals surface area (Å²) in [5.74, 6) is 1.09. The third-order valence-corrected chi connectivity index (χ3v) is 6.55. The lowest BCUT2D eigenvalue weighted by molar-refractivity contribution is -0.137. The van der Waals surface area contributed by atoms with Crippen LogP contribution in [0.4, 0.5) is 0 Å². The number of hydrogen-bond acceptors (Lipinski definition) is 3. The van der Waals surface area contributed by atoms with Crippen molar-refractivity contribution in [1.82, 2.24) is 0 Å². The molecule has 2 aliphatic rings. The summed E-state index contributed by atoms with van der Waals surface area (Å²) in [5, 5.41) is 0. The fourth-order valence-corrected chi connectivity index (χ4v) is 4.71. The number of rotatable bonds is 6. The minimum absolute atomic E-state index is 0.159. The van der Waals surface area contributed by atoms with Gasteiger partial charge in [0.1, 0.15) is 0 Å². The van der Waals surface area contributed by atoms with Gasteiger partial charge in [0.2, 0.25) is 0 Å². The molecule has 0 heterocycles. The van der Waals surface area contributed by atoms with Crippen molar-refractivity contribution in [1.29, 1.82) is 0 Å². The van der Waals surface area contributed by atoms with Crippen LogP contribution in [0.5, 0.6) is 0 Å². The van der Waals surface area contributed by atoms with Crippen LogP contribution in [-0.4, -0.2) is 19.2 Å². The molecule has 1 aromatic rings. The fraction of sp³-hybridized carbons (Fsp3) is 0.591. The van der Waals surface area contributed by atoms with Gasteiger partial charge in [-0.05, 0) is 61.8 Å². The van der Waals surface area contributed by atoms with Crippen LogP contribution < -0.4 is 0 Å². The van der Waals surface area contributed by atoms with Crippen LogP contribution in [0.15, 0.2) is 42.0 Å². The quantitative estimate of drug-likeness (QED) is 0.689. The highest BCUT2D eigenvalue weighted by Gasteiger charge is 2.50. The van der Waals surface area contributed by atoms with Gasteiger partial charge in [-0.15, -0.1) is 0 Å². The molecule has 0 radical (unpaired) electrons. The zero-order valence-corrected chi connectivity index (χ0v) is 15.7. The monoisotopic (exact) mass is 342 g/mol. The van der Waals surface area contributed by atoms with Crippen LogP contribution in [0.2, 0.25) is 0 Å². The Kier molecular flexibility index (Phi) is 5.63. The Bertz CT molecular complexity index is 621. The summed E-state index contributed by atoms with van der Waals surface area (Å²) in [4.78, 5) is 11.7. The van der Waals surface area contributed by atoms with E-state index in [4.69, 9.17) is 9.47 Å². The molecule has 4 atom stereocenters. The Morgan fingerprint density at radius 2 is 2.04 bits per heavy atom. The third kappa shape index (κ3) is 3.82. The van der Waals surface area contributed by atoms with E-state index >= 15 is 0 Å². The van der Waals surface area contributed by atoms with Gasteiger partial charge in [-0.3, -0.25) is 0 Å². The van der Waals surface area contributed by atoms with E-state index in [1.54, 1.807) is 0 Å². The van der Waals surface area contributed by atoms with Gasteiger partial charge in [-0.2, -0.15) is 0 Å². The molecule has 0 amide bonds. The molecule has 0 spiro atoms. The number of carbonyl (C=O) groups is 1. The molecule has 1 saturated carbocycles. The summed E-state index contributed by atoms with van der Waals surface area (Å²) in [6.45, 7) is 5.33.